The normalized spacial score (nSPS) is 39.6. The zero-order valence-corrected chi connectivity index (χ0v) is 13.2. The highest BCUT2D eigenvalue weighted by molar-refractivity contribution is 5.88. The molecule has 0 aromatic carbocycles. The fraction of sp³-hybridized carbons (Fsp3) is 0.938. The molecule has 0 spiro atoms. The Morgan fingerprint density at radius 3 is 2.58 bits per heavy atom. The van der Waals surface area contributed by atoms with Crippen LogP contribution in [0.1, 0.15) is 66.7 Å². The summed E-state index contributed by atoms with van der Waals surface area (Å²) in [6.45, 7) is 11.0. The van der Waals surface area contributed by atoms with Gasteiger partial charge in [0.15, 0.2) is 0 Å². The molecule has 110 valence electrons. The molecule has 2 aliphatic rings. The van der Waals surface area contributed by atoms with Gasteiger partial charge in [-0.1, -0.05) is 34.1 Å². The number of nitrogens with one attached hydrogen (secondary N) is 1. The molecule has 1 N–H and O–H groups in total. The Labute approximate surface area is 118 Å². The number of carbonyl (C=O) groups is 1. The van der Waals surface area contributed by atoms with Crippen molar-refractivity contribution in [3.63, 3.8) is 0 Å². The average molecular weight is 266 g/mol. The van der Waals surface area contributed by atoms with Crippen molar-refractivity contribution in [3.8, 4) is 0 Å². The molecule has 1 aliphatic heterocycles. The Hall–Kier alpha value is -0.570. The van der Waals surface area contributed by atoms with Gasteiger partial charge >= 0.3 is 0 Å². The molecule has 1 saturated carbocycles. The predicted octanol–water partition coefficient (Wildman–Crippen LogP) is 3.15. The van der Waals surface area contributed by atoms with Gasteiger partial charge in [0.2, 0.25) is 5.91 Å². The monoisotopic (exact) mass is 266 g/mol. The highest BCUT2D eigenvalue weighted by atomic mass is 16.2. The number of rotatable bonds is 4. The van der Waals surface area contributed by atoms with Gasteiger partial charge in [0.1, 0.15) is 0 Å². The number of hydrogen-bond acceptors (Lipinski definition) is 2. The van der Waals surface area contributed by atoms with Crippen LogP contribution < -0.4 is 5.32 Å². The van der Waals surface area contributed by atoms with E-state index in [-0.39, 0.29) is 11.7 Å². The number of amides is 1. The molecule has 3 heteroatoms. The van der Waals surface area contributed by atoms with Crippen molar-refractivity contribution in [1.29, 1.82) is 0 Å². The zero-order chi connectivity index (χ0) is 14.2. The second-order valence-corrected chi connectivity index (χ2v) is 7.16. The molecule has 0 aromatic rings. The number of carbonyl (C=O) groups excluding carboxylic acids is 1. The van der Waals surface area contributed by atoms with Crippen LogP contribution in [0.3, 0.4) is 0 Å². The molecule has 1 saturated heterocycles. The topological polar surface area (TPSA) is 32.3 Å². The Morgan fingerprint density at radius 2 is 2.11 bits per heavy atom. The summed E-state index contributed by atoms with van der Waals surface area (Å²) in [4.78, 5) is 15.1. The van der Waals surface area contributed by atoms with Gasteiger partial charge in [0.05, 0.1) is 11.7 Å². The predicted molar refractivity (Wildman–Crippen MR) is 78.7 cm³/mol. The first-order chi connectivity index (χ1) is 8.89. The third kappa shape index (κ3) is 2.67. The minimum absolute atomic E-state index is 0.239. The Balaban J connectivity index is 2.22. The van der Waals surface area contributed by atoms with Gasteiger partial charge in [-0.25, -0.2) is 0 Å². The van der Waals surface area contributed by atoms with Crippen molar-refractivity contribution < 1.29 is 4.79 Å². The average Bonchev–Trinajstić information content (AvgIpc) is 2.83. The summed E-state index contributed by atoms with van der Waals surface area (Å²) in [7, 11) is 0. The molecule has 2 rings (SSSR count). The molecule has 1 amide bonds. The first-order valence-corrected chi connectivity index (χ1v) is 7.99. The molecular formula is C16H30N2O. The second kappa shape index (κ2) is 5.43. The molecule has 0 bridgehead atoms. The van der Waals surface area contributed by atoms with Crippen LogP contribution in [0.5, 0.6) is 0 Å². The molecule has 2 fully saturated rings. The fourth-order valence-electron chi connectivity index (χ4n) is 3.72. The highest BCUT2D eigenvalue weighted by Gasteiger charge is 2.50. The van der Waals surface area contributed by atoms with Crippen LogP contribution in [-0.2, 0) is 4.79 Å². The van der Waals surface area contributed by atoms with Gasteiger partial charge in [-0.2, -0.15) is 0 Å². The maximum absolute atomic E-state index is 12.8. The maximum atomic E-state index is 12.8. The van der Waals surface area contributed by atoms with Crippen molar-refractivity contribution in [2.24, 2.45) is 11.8 Å². The van der Waals surface area contributed by atoms with Gasteiger partial charge in [0.25, 0.3) is 0 Å². The summed E-state index contributed by atoms with van der Waals surface area (Å²) < 4.78 is 0. The standard InChI is InChI=1S/C16H30N2O/c1-6-16(5)15(19)18(13-9-7-8-12(13)4)14(17-16)10-11(2)3/h11-14,17H,6-10H2,1-5H3. The number of hydrogen-bond donors (Lipinski definition) is 1. The van der Waals surface area contributed by atoms with Gasteiger partial charge in [-0.15, -0.1) is 0 Å². The maximum Gasteiger partial charge on any atom is 0.244 e. The van der Waals surface area contributed by atoms with Crippen LogP contribution in [0, 0.1) is 11.8 Å². The summed E-state index contributed by atoms with van der Waals surface area (Å²) in [5, 5.41) is 3.62. The van der Waals surface area contributed by atoms with Crippen molar-refractivity contribution in [2.45, 2.75) is 84.5 Å². The lowest BCUT2D eigenvalue weighted by Gasteiger charge is -2.33. The van der Waals surface area contributed by atoms with Crippen LogP contribution in [0.25, 0.3) is 0 Å². The molecule has 3 nitrogen and oxygen atoms in total. The lowest BCUT2D eigenvalue weighted by atomic mass is 9.97. The molecule has 0 radical (unpaired) electrons. The molecule has 1 heterocycles. The van der Waals surface area contributed by atoms with E-state index in [0.29, 0.717) is 23.8 Å². The van der Waals surface area contributed by atoms with Gasteiger partial charge in [-0.3, -0.25) is 10.1 Å². The zero-order valence-electron chi connectivity index (χ0n) is 13.2. The van der Waals surface area contributed by atoms with Gasteiger partial charge in [0, 0.05) is 6.04 Å². The van der Waals surface area contributed by atoms with E-state index in [1.54, 1.807) is 0 Å². The third-order valence-electron chi connectivity index (χ3n) is 5.10. The lowest BCUT2D eigenvalue weighted by Crippen LogP contribution is -2.46. The van der Waals surface area contributed by atoms with Crippen molar-refractivity contribution in [2.75, 3.05) is 0 Å². The van der Waals surface area contributed by atoms with Crippen LogP contribution in [-0.4, -0.2) is 28.6 Å². The van der Waals surface area contributed by atoms with Crippen LogP contribution in [0.2, 0.25) is 0 Å². The third-order valence-corrected chi connectivity index (χ3v) is 5.10. The molecule has 1 aliphatic carbocycles. The van der Waals surface area contributed by atoms with E-state index in [1.807, 2.05) is 0 Å². The minimum atomic E-state index is -0.345. The second-order valence-electron chi connectivity index (χ2n) is 7.16. The van der Waals surface area contributed by atoms with Gasteiger partial charge < -0.3 is 4.90 Å². The first-order valence-electron chi connectivity index (χ1n) is 7.99. The summed E-state index contributed by atoms with van der Waals surface area (Å²) in [5.74, 6) is 1.60. The SMILES string of the molecule is CCC1(C)NC(CC(C)C)N(C2CCCC2C)C1=O. The summed E-state index contributed by atoms with van der Waals surface area (Å²) in [6.07, 6.45) is 5.90. The molecule has 0 aromatic heterocycles. The lowest BCUT2D eigenvalue weighted by molar-refractivity contribution is -0.135. The van der Waals surface area contributed by atoms with Crippen LogP contribution in [0.4, 0.5) is 0 Å². The van der Waals surface area contributed by atoms with Crippen LogP contribution >= 0.6 is 0 Å². The summed E-state index contributed by atoms with van der Waals surface area (Å²) in [6, 6.07) is 0.456. The van der Waals surface area contributed by atoms with E-state index in [9.17, 15) is 4.79 Å². The van der Waals surface area contributed by atoms with Gasteiger partial charge in [-0.05, 0) is 44.4 Å². The Kier molecular flexibility index (Phi) is 4.24. The molecule has 4 atom stereocenters. The highest BCUT2D eigenvalue weighted by Crippen LogP contribution is 2.36. The van der Waals surface area contributed by atoms with Crippen molar-refractivity contribution in [3.05, 3.63) is 0 Å². The van der Waals surface area contributed by atoms with Crippen molar-refractivity contribution in [1.82, 2.24) is 10.2 Å². The largest absolute Gasteiger partial charge is 0.322 e. The fourth-order valence-corrected chi connectivity index (χ4v) is 3.72. The quantitative estimate of drug-likeness (QED) is 0.848. The van der Waals surface area contributed by atoms with E-state index in [0.717, 1.165) is 12.8 Å². The van der Waals surface area contributed by atoms with E-state index < -0.39 is 0 Å². The molecule has 19 heavy (non-hydrogen) atoms. The Bertz CT molecular complexity index is 342. The van der Waals surface area contributed by atoms with E-state index in [2.05, 4.69) is 44.8 Å². The van der Waals surface area contributed by atoms with E-state index in [4.69, 9.17) is 0 Å². The number of nitrogens with zero attached hydrogens (tertiary/aromatic N) is 1. The van der Waals surface area contributed by atoms with Crippen LogP contribution in [0.15, 0.2) is 0 Å². The minimum Gasteiger partial charge on any atom is -0.322 e. The Morgan fingerprint density at radius 1 is 1.42 bits per heavy atom. The van der Waals surface area contributed by atoms with Crippen molar-refractivity contribution >= 4 is 5.91 Å². The smallest absolute Gasteiger partial charge is 0.244 e. The molecule has 4 unspecified atom stereocenters. The molecular weight excluding hydrogens is 236 g/mol. The summed E-state index contributed by atoms with van der Waals surface area (Å²) >= 11 is 0. The van der Waals surface area contributed by atoms with E-state index in [1.165, 1.54) is 19.3 Å². The summed E-state index contributed by atoms with van der Waals surface area (Å²) in [5.41, 5.74) is -0.345. The van der Waals surface area contributed by atoms with E-state index >= 15 is 0 Å². The first kappa shape index (κ1) is 14.8.